The predicted octanol–water partition coefficient (Wildman–Crippen LogP) is 1.89. The van der Waals surface area contributed by atoms with Gasteiger partial charge in [-0.1, -0.05) is 6.07 Å². The van der Waals surface area contributed by atoms with E-state index in [1.165, 1.54) is 19.2 Å². The first kappa shape index (κ1) is 14.0. The van der Waals surface area contributed by atoms with E-state index in [1.807, 2.05) is 16.4 Å². The summed E-state index contributed by atoms with van der Waals surface area (Å²) in [5.74, 6) is -0.363. The van der Waals surface area contributed by atoms with Crippen LogP contribution in [-0.4, -0.2) is 40.1 Å². The molecular weight excluding hydrogens is 268 g/mol. The molecule has 0 amide bonds. The Labute approximate surface area is 116 Å². The average Bonchev–Trinajstić information content (AvgIpc) is 2.86. The molecule has 1 aromatic rings. The van der Waals surface area contributed by atoms with Gasteiger partial charge in [0.05, 0.1) is 42.7 Å². The van der Waals surface area contributed by atoms with E-state index in [0.29, 0.717) is 12.1 Å². The number of rotatable bonds is 5. The Morgan fingerprint density at radius 1 is 1.37 bits per heavy atom. The fourth-order valence-corrected chi connectivity index (χ4v) is 2.69. The minimum atomic E-state index is -0.369. The molecule has 0 bridgehead atoms. The Morgan fingerprint density at radius 2 is 2.11 bits per heavy atom. The molecule has 1 heterocycles. The molecule has 0 unspecified atom stereocenters. The monoisotopic (exact) mass is 284 g/mol. The molecule has 0 atom stereocenters. The first-order valence-corrected chi connectivity index (χ1v) is 6.46. The summed E-state index contributed by atoms with van der Waals surface area (Å²) in [6.45, 7) is 0.492. The summed E-state index contributed by atoms with van der Waals surface area (Å²) in [7, 11) is 4.53. The number of benzene rings is 1. The van der Waals surface area contributed by atoms with Crippen LogP contribution in [0.5, 0.6) is 0 Å². The van der Waals surface area contributed by atoms with Crippen molar-refractivity contribution in [3.63, 3.8) is 0 Å². The molecule has 0 spiro atoms. The number of nitrogens with one attached hydrogen (secondary N) is 1. The first-order chi connectivity index (χ1) is 9.21. The number of methoxy groups -OCH3 is 3. The van der Waals surface area contributed by atoms with Crippen molar-refractivity contribution in [2.45, 2.75) is 6.29 Å². The number of carbonyl (C=O) groups excluding carboxylic acids is 1. The van der Waals surface area contributed by atoms with Crippen molar-refractivity contribution in [1.29, 1.82) is 0 Å². The average molecular weight is 284 g/mol. The largest absolute Gasteiger partial charge is 0.465 e. The third kappa shape index (κ3) is 2.78. The van der Waals surface area contributed by atoms with E-state index in [9.17, 15) is 4.79 Å². The highest BCUT2D eigenvalue weighted by Gasteiger charge is 2.28. The highest BCUT2D eigenvalue weighted by atomic mass is 32.2. The molecule has 104 valence electrons. The molecule has 1 aliphatic rings. The molecule has 0 fully saturated rings. The number of para-hydroxylation sites is 1. The standard InChI is InChI=1S/C12H16N2O4S/c1-16-10(17-2)7-14-11-8(12(15)18-3)5-4-6-9(11)13-19-14/h4-6,10,13H,7H2,1-3H3. The minimum absolute atomic E-state index is 0.363. The lowest BCUT2D eigenvalue weighted by Gasteiger charge is -2.22. The second-order valence-electron chi connectivity index (χ2n) is 3.85. The van der Waals surface area contributed by atoms with Gasteiger partial charge in [0.1, 0.15) is 0 Å². The van der Waals surface area contributed by atoms with Gasteiger partial charge in [-0.25, -0.2) is 4.79 Å². The molecule has 1 N–H and O–H groups in total. The van der Waals surface area contributed by atoms with Gasteiger partial charge in [0, 0.05) is 14.2 Å². The van der Waals surface area contributed by atoms with Crippen LogP contribution < -0.4 is 9.03 Å². The number of carbonyl (C=O) groups is 1. The number of esters is 1. The van der Waals surface area contributed by atoms with Crippen LogP contribution >= 0.6 is 12.1 Å². The van der Waals surface area contributed by atoms with Gasteiger partial charge in [0.2, 0.25) is 0 Å². The van der Waals surface area contributed by atoms with E-state index in [-0.39, 0.29) is 12.3 Å². The summed E-state index contributed by atoms with van der Waals surface area (Å²) in [5.41, 5.74) is 2.18. The number of ether oxygens (including phenoxy) is 3. The van der Waals surface area contributed by atoms with Crippen LogP contribution in [0.2, 0.25) is 0 Å². The highest BCUT2D eigenvalue weighted by Crippen LogP contribution is 2.42. The molecule has 19 heavy (non-hydrogen) atoms. The first-order valence-electron chi connectivity index (χ1n) is 5.68. The SMILES string of the molecule is COC(=O)c1cccc2c1N(CC(OC)OC)SN2. The molecule has 1 aliphatic heterocycles. The van der Waals surface area contributed by atoms with Gasteiger partial charge in [-0.3, -0.25) is 4.31 Å². The van der Waals surface area contributed by atoms with Gasteiger partial charge in [0.25, 0.3) is 0 Å². The molecule has 0 radical (unpaired) electrons. The van der Waals surface area contributed by atoms with Crippen molar-refractivity contribution in [3.05, 3.63) is 23.8 Å². The smallest absolute Gasteiger partial charge is 0.340 e. The maximum atomic E-state index is 11.8. The summed E-state index contributed by atoms with van der Waals surface area (Å²) < 4.78 is 20.2. The zero-order chi connectivity index (χ0) is 13.8. The maximum absolute atomic E-state index is 11.8. The Balaban J connectivity index is 2.29. The number of nitrogens with zero attached hydrogens (tertiary/aromatic N) is 1. The molecule has 0 aromatic heterocycles. The minimum Gasteiger partial charge on any atom is -0.465 e. The predicted molar refractivity (Wildman–Crippen MR) is 74.1 cm³/mol. The molecule has 0 saturated heterocycles. The molecule has 6 nitrogen and oxygen atoms in total. The van der Waals surface area contributed by atoms with Crippen LogP contribution in [0.25, 0.3) is 0 Å². The van der Waals surface area contributed by atoms with Crippen molar-refractivity contribution in [1.82, 2.24) is 0 Å². The van der Waals surface area contributed by atoms with E-state index < -0.39 is 0 Å². The van der Waals surface area contributed by atoms with Gasteiger partial charge in [0.15, 0.2) is 6.29 Å². The van der Waals surface area contributed by atoms with E-state index in [1.54, 1.807) is 20.3 Å². The van der Waals surface area contributed by atoms with Crippen LogP contribution in [0.3, 0.4) is 0 Å². The molecule has 2 rings (SSSR count). The zero-order valence-electron chi connectivity index (χ0n) is 11.0. The highest BCUT2D eigenvalue weighted by molar-refractivity contribution is 8.02. The van der Waals surface area contributed by atoms with Crippen LogP contribution in [0.15, 0.2) is 18.2 Å². The molecule has 7 heteroatoms. The second-order valence-corrected chi connectivity index (χ2v) is 4.68. The number of hydrogen-bond donors (Lipinski definition) is 1. The lowest BCUT2D eigenvalue weighted by Crippen LogP contribution is -2.29. The summed E-state index contributed by atoms with van der Waals surface area (Å²) in [4.78, 5) is 11.8. The van der Waals surface area contributed by atoms with Crippen molar-refractivity contribution < 1.29 is 19.0 Å². The Kier molecular flexibility index (Phi) is 4.52. The topological polar surface area (TPSA) is 60.0 Å². The van der Waals surface area contributed by atoms with Crippen LogP contribution in [0.4, 0.5) is 11.4 Å². The van der Waals surface area contributed by atoms with Crippen molar-refractivity contribution in [3.8, 4) is 0 Å². The molecular formula is C12H16N2O4S. The lowest BCUT2D eigenvalue weighted by molar-refractivity contribution is -0.0930. The summed E-state index contributed by atoms with van der Waals surface area (Å²) >= 11 is 1.39. The van der Waals surface area contributed by atoms with E-state index in [2.05, 4.69) is 4.72 Å². The van der Waals surface area contributed by atoms with Gasteiger partial charge < -0.3 is 18.9 Å². The normalized spacial score (nSPS) is 13.4. The third-order valence-electron chi connectivity index (χ3n) is 2.80. The Hall–Kier alpha value is -1.44. The summed E-state index contributed by atoms with van der Waals surface area (Å²) in [6, 6.07) is 5.45. The molecule has 1 aromatic carbocycles. The molecule has 0 aliphatic carbocycles. The maximum Gasteiger partial charge on any atom is 0.340 e. The van der Waals surface area contributed by atoms with Gasteiger partial charge >= 0.3 is 5.97 Å². The van der Waals surface area contributed by atoms with Gasteiger partial charge in [-0.15, -0.1) is 0 Å². The number of fused-ring (bicyclic) bond motifs is 1. The van der Waals surface area contributed by atoms with E-state index in [4.69, 9.17) is 14.2 Å². The Bertz CT molecular complexity index is 465. The van der Waals surface area contributed by atoms with Crippen molar-refractivity contribution in [2.24, 2.45) is 0 Å². The van der Waals surface area contributed by atoms with Crippen LogP contribution in [-0.2, 0) is 14.2 Å². The summed E-state index contributed by atoms with van der Waals surface area (Å²) in [5, 5.41) is 0. The second kappa shape index (κ2) is 6.14. The van der Waals surface area contributed by atoms with Gasteiger partial charge in [-0.05, 0) is 12.1 Å². The van der Waals surface area contributed by atoms with Gasteiger partial charge in [-0.2, -0.15) is 0 Å². The van der Waals surface area contributed by atoms with Crippen LogP contribution in [0, 0.1) is 0 Å². The molecule has 0 saturated carbocycles. The fraction of sp³-hybridized carbons (Fsp3) is 0.417. The van der Waals surface area contributed by atoms with E-state index in [0.717, 1.165) is 11.4 Å². The quantitative estimate of drug-likeness (QED) is 0.503. The van der Waals surface area contributed by atoms with E-state index >= 15 is 0 Å². The zero-order valence-corrected chi connectivity index (χ0v) is 11.8. The third-order valence-corrected chi connectivity index (χ3v) is 3.66. The number of anilines is 2. The lowest BCUT2D eigenvalue weighted by atomic mass is 10.1. The number of hydrogen-bond acceptors (Lipinski definition) is 7. The van der Waals surface area contributed by atoms with Crippen molar-refractivity contribution >= 4 is 29.5 Å². The Morgan fingerprint density at radius 3 is 2.74 bits per heavy atom. The van der Waals surface area contributed by atoms with Crippen molar-refractivity contribution in [2.75, 3.05) is 36.9 Å². The fourth-order valence-electron chi connectivity index (χ4n) is 1.83. The summed E-state index contributed by atoms with van der Waals surface area (Å²) in [6.07, 6.45) is -0.369. The van der Waals surface area contributed by atoms with Crippen LogP contribution in [0.1, 0.15) is 10.4 Å².